The van der Waals surface area contributed by atoms with Gasteiger partial charge in [0.05, 0.1) is 0 Å². The van der Waals surface area contributed by atoms with Gasteiger partial charge < -0.3 is 10.0 Å². The van der Waals surface area contributed by atoms with E-state index in [1.165, 1.54) is 6.20 Å². The highest BCUT2D eigenvalue weighted by Crippen LogP contribution is 2.12. The summed E-state index contributed by atoms with van der Waals surface area (Å²) >= 11 is 0. The number of aromatic nitrogens is 2. The summed E-state index contributed by atoms with van der Waals surface area (Å²) in [5.74, 6) is -0.347. The van der Waals surface area contributed by atoms with Gasteiger partial charge in [0, 0.05) is 25.2 Å². The molecule has 18 heavy (non-hydrogen) atoms. The third kappa shape index (κ3) is 4.01. The van der Waals surface area contributed by atoms with E-state index in [1.54, 1.807) is 6.07 Å². The first-order valence-corrected chi connectivity index (χ1v) is 5.76. The van der Waals surface area contributed by atoms with Gasteiger partial charge in [-0.05, 0) is 26.3 Å². The van der Waals surface area contributed by atoms with Gasteiger partial charge in [-0.1, -0.05) is 0 Å². The van der Waals surface area contributed by atoms with Crippen LogP contribution in [0.25, 0.3) is 0 Å². The number of carboxylic acid groups (broad SMARTS) is 1. The van der Waals surface area contributed by atoms with Gasteiger partial charge in [0.1, 0.15) is 11.8 Å². The molecule has 0 amide bonds. The summed E-state index contributed by atoms with van der Waals surface area (Å²) in [4.78, 5) is 20.6. The quantitative estimate of drug-likeness (QED) is 0.819. The Hall–Kier alpha value is -2.16. The summed E-state index contributed by atoms with van der Waals surface area (Å²) in [6, 6.07) is 3.65. The Balaban J connectivity index is 2.77. The Morgan fingerprint density at radius 3 is 2.89 bits per heavy atom. The molecule has 1 aromatic heterocycles. The molecule has 0 saturated carbocycles. The fourth-order valence-corrected chi connectivity index (χ4v) is 1.54. The van der Waals surface area contributed by atoms with E-state index in [0.717, 1.165) is 0 Å². The third-order valence-corrected chi connectivity index (χ3v) is 2.43. The highest BCUT2D eigenvalue weighted by Gasteiger charge is 2.14. The van der Waals surface area contributed by atoms with E-state index >= 15 is 0 Å². The molecule has 6 nitrogen and oxygen atoms in total. The lowest BCUT2D eigenvalue weighted by molar-refractivity contribution is -0.137. The number of nitrogens with zero attached hydrogens (tertiary/aromatic N) is 4. The molecule has 0 spiro atoms. The Kier molecular flexibility index (Phi) is 5.06. The van der Waals surface area contributed by atoms with Crippen LogP contribution < -0.4 is 4.90 Å². The smallest absolute Gasteiger partial charge is 0.303 e. The zero-order valence-corrected chi connectivity index (χ0v) is 10.5. The maximum absolute atomic E-state index is 10.5. The molecule has 1 N–H and O–H groups in total. The molecular formula is C12H16N4O2. The van der Waals surface area contributed by atoms with Gasteiger partial charge in [-0.25, -0.2) is 9.97 Å². The van der Waals surface area contributed by atoms with Gasteiger partial charge >= 0.3 is 5.97 Å². The van der Waals surface area contributed by atoms with Crippen molar-refractivity contribution < 1.29 is 9.90 Å². The molecule has 1 rings (SSSR count). The fourth-order valence-electron chi connectivity index (χ4n) is 1.54. The van der Waals surface area contributed by atoms with Crippen molar-refractivity contribution in [2.75, 3.05) is 11.4 Å². The van der Waals surface area contributed by atoms with Gasteiger partial charge in [0.25, 0.3) is 0 Å². The van der Waals surface area contributed by atoms with Crippen molar-refractivity contribution in [3.05, 3.63) is 18.0 Å². The van der Waals surface area contributed by atoms with Gasteiger partial charge in [-0.3, -0.25) is 4.79 Å². The maximum atomic E-state index is 10.5. The first-order chi connectivity index (χ1) is 8.54. The Bertz CT molecular complexity index is 454. The summed E-state index contributed by atoms with van der Waals surface area (Å²) < 4.78 is 0. The summed E-state index contributed by atoms with van der Waals surface area (Å²) in [6.45, 7) is 4.51. The van der Waals surface area contributed by atoms with Crippen LogP contribution >= 0.6 is 0 Å². The lowest BCUT2D eigenvalue weighted by Gasteiger charge is -2.26. The molecule has 0 radical (unpaired) electrons. The molecular weight excluding hydrogens is 232 g/mol. The van der Waals surface area contributed by atoms with Gasteiger partial charge in [-0.15, -0.1) is 0 Å². The Morgan fingerprint density at radius 2 is 2.33 bits per heavy atom. The minimum atomic E-state index is -0.814. The van der Waals surface area contributed by atoms with Gasteiger partial charge in [0.15, 0.2) is 0 Å². The van der Waals surface area contributed by atoms with Crippen molar-refractivity contribution in [1.29, 1.82) is 5.26 Å². The predicted molar refractivity (Wildman–Crippen MR) is 66.1 cm³/mol. The number of aliphatic carboxylic acids is 1. The van der Waals surface area contributed by atoms with Crippen LogP contribution in [0.3, 0.4) is 0 Å². The van der Waals surface area contributed by atoms with Gasteiger partial charge in [-0.2, -0.15) is 5.26 Å². The zero-order valence-electron chi connectivity index (χ0n) is 10.5. The van der Waals surface area contributed by atoms with Crippen molar-refractivity contribution in [2.24, 2.45) is 0 Å². The molecule has 1 heterocycles. The van der Waals surface area contributed by atoms with E-state index in [1.807, 2.05) is 24.8 Å². The largest absolute Gasteiger partial charge is 0.481 e. The third-order valence-electron chi connectivity index (χ3n) is 2.43. The molecule has 0 bridgehead atoms. The molecule has 1 aromatic rings. The minimum Gasteiger partial charge on any atom is -0.481 e. The number of hydrogen-bond acceptors (Lipinski definition) is 5. The normalized spacial score (nSPS) is 10.1. The number of rotatable bonds is 6. The van der Waals surface area contributed by atoms with Crippen molar-refractivity contribution in [3.8, 4) is 6.07 Å². The molecule has 0 unspecified atom stereocenters. The molecule has 0 aliphatic carbocycles. The summed E-state index contributed by atoms with van der Waals surface area (Å²) in [5, 5.41) is 17.4. The first kappa shape index (κ1) is 13.9. The van der Waals surface area contributed by atoms with Crippen molar-refractivity contribution >= 4 is 11.9 Å². The lowest BCUT2D eigenvalue weighted by Crippen LogP contribution is -2.33. The molecule has 0 saturated heterocycles. The number of carbonyl (C=O) groups is 1. The highest BCUT2D eigenvalue weighted by atomic mass is 16.4. The summed E-state index contributed by atoms with van der Waals surface area (Å²) in [6.07, 6.45) is 2.17. The van der Waals surface area contributed by atoms with Crippen LogP contribution in [0.2, 0.25) is 0 Å². The molecule has 0 fully saturated rings. The maximum Gasteiger partial charge on any atom is 0.303 e. The summed E-state index contributed by atoms with van der Waals surface area (Å²) in [7, 11) is 0. The SMILES string of the molecule is CC(C)N(CCCC(=O)O)c1nccc(C#N)n1. The topological polar surface area (TPSA) is 90.1 Å². The molecule has 96 valence electrons. The Labute approximate surface area is 106 Å². The second-order valence-electron chi connectivity index (χ2n) is 4.14. The van der Waals surface area contributed by atoms with E-state index in [0.29, 0.717) is 24.6 Å². The van der Waals surface area contributed by atoms with E-state index < -0.39 is 5.97 Å². The van der Waals surface area contributed by atoms with Crippen LogP contribution in [-0.2, 0) is 4.79 Å². The van der Waals surface area contributed by atoms with Crippen LogP contribution in [-0.4, -0.2) is 33.6 Å². The van der Waals surface area contributed by atoms with E-state index in [9.17, 15) is 4.79 Å². The number of hydrogen-bond donors (Lipinski definition) is 1. The Morgan fingerprint density at radius 1 is 1.61 bits per heavy atom. The van der Waals surface area contributed by atoms with Crippen LogP contribution in [0.5, 0.6) is 0 Å². The van der Waals surface area contributed by atoms with E-state index in [2.05, 4.69) is 9.97 Å². The molecule has 6 heteroatoms. The van der Waals surface area contributed by atoms with Crippen molar-refractivity contribution in [3.63, 3.8) is 0 Å². The molecule has 0 atom stereocenters. The monoisotopic (exact) mass is 248 g/mol. The van der Waals surface area contributed by atoms with Crippen LogP contribution in [0.4, 0.5) is 5.95 Å². The van der Waals surface area contributed by atoms with Gasteiger partial charge in [0.2, 0.25) is 5.95 Å². The van der Waals surface area contributed by atoms with Crippen molar-refractivity contribution in [2.45, 2.75) is 32.7 Å². The fraction of sp³-hybridized carbons (Fsp3) is 0.500. The average molecular weight is 248 g/mol. The molecule has 0 aliphatic rings. The number of carboxylic acids is 1. The summed E-state index contributed by atoms with van der Waals surface area (Å²) in [5.41, 5.74) is 0.309. The van der Waals surface area contributed by atoms with E-state index in [4.69, 9.17) is 10.4 Å². The number of anilines is 1. The molecule has 0 aromatic carbocycles. The standard InChI is InChI=1S/C12H16N4O2/c1-9(2)16(7-3-4-11(17)18)12-14-6-5-10(8-13)15-12/h5-6,9H,3-4,7H2,1-2H3,(H,17,18). The first-order valence-electron chi connectivity index (χ1n) is 5.76. The average Bonchev–Trinajstić information content (AvgIpc) is 2.34. The number of nitriles is 1. The second-order valence-corrected chi connectivity index (χ2v) is 4.14. The predicted octanol–water partition coefficient (Wildman–Crippen LogP) is 1.43. The lowest BCUT2D eigenvalue weighted by atomic mass is 10.2. The zero-order chi connectivity index (χ0) is 13.5. The van der Waals surface area contributed by atoms with Crippen LogP contribution in [0.1, 0.15) is 32.4 Å². The van der Waals surface area contributed by atoms with Crippen LogP contribution in [0, 0.1) is 11.3 Å². The van der Waals surface area contributed by atoms with Crippen molar-refractivity contribution in [1.82, 2.24) is 9.97 Å². The highest BCUT2D eigenvalue weighted by molar-refractivity contribution is 5.66. The van der Waals surface area contributed by atoms with Crippen LogP contribution in [0.15, 0.2) is 12.3 Å². The molecule has 0 aliphatic heterocycles. The van der Waals surface area contributed by atoms with E-state index in [-0.39, 0.29) is 12.5 Å². The second kappa shape index (κ2) is 6.55. The minimum absolute atomic E-state index is 0.112.